The largest absolute Gasteiger partial charge is 0.370 e. The Morgan fingerprint density at radius 2 is 1.80 bits per heavy atom. The van der Waals surface area contributed by atoms with Gasteiger partial charge in [-0.3, -0.25) is 9.59 Å². The summed E-state index contributed by atoms with van der Waals surface area (Å²) in [5.74, 6) is -0.320. The molecule has 178 valence electrons. The number of H-pyrrole nitrogens is 1. The highest BCUT2D eigenvalue weighted by atomic mass is 35.5. The van der Waals surface area contributed by atoms with Gasteiger partial charge in [0.05, 0.1) is 22.5 Å². The number of hydrogen-bond donors (Lipinski definition) is 3. The minimum Gasteiger partial charge on any atom is -0.370 e. The van der Waals surface area contributed by atoms with Crippen molar-refractivity contribution in [2.75, 3.05) is 23.3 Å². The molecule has 0 bridgehead atoms. The highest BCUT2D eigenvalue weighted by Gasteiger charge is 2.25. The van der Waals surface area contributed by atoms with E-state index in [1.54, 1.807) is 36.5 Å². The molecule has 3 heterocycles. The van der Waals surface area contributed by atoms with Gasteiger partial charge >= 0.3 is 0 Å². The normalized spacial score (nSPS) is 14.1. The maximum Gasteiger partial charge on any atom is 0.253 e. The van der Waals surface area contributed by atoms with E-state index in [0.717, 1.165) is 35.2 Å². The number of aromatic nitrogens is 2. The van der Waals surface area contributed by atoms with E-state index >= 15 is 0 Å². The summed E-state index contributed by atoms with van der Waals surface area (Å²) in [6, 6.07) is 17.6. The third kappa shape index (κ3) is 5.15. The number of nitrogens with one attached hydrogen (secondary N) is 3. The van der Waals surface area contributed by atoms with Gasteiger partial charge in [0.15, 0.2) is 0 Å². The second-order valence-electron chi connectivity index (χ2n) is 8.65. The van der Waals surface area contributed by atoms with Crippen molar-refractivity contribution in [3.05, 3.63) is 89.2 Å². The molecule has 1 aliphatic heterocycles. The van der Waals surface area contributed by atoms with Crippen LogP contribution in [0.25, 0.3) is 10.9 Å². The molecule has 0 aliphatic carbocycles. The first kappa shape index (κ1) is 22.9. The Hall–Kier alpha value is -3.84. The number of para-hydroxylation sites is 1. The molecule has 2 aromatic heterocycles. The van der Waals surface area contributed by atoms with Gasteiger partial charge in [0.2, 0.25) is 5.91 Å². The summed E-state index contributed by atoms with van der Waals surface area (Å²) in [6.45, 7) is 2.04. The number of amides is 2. The van der Waals surface area contributed by atoms with E-state index in [1.165, 1.54) is 12.8 Å². The SMILES string of the molecule is O=C(NC(Cc1c[nH]c2ccccc12)C(=O)Nc1ccc(N2CCCC2)cn1)c1ccccc1Cl. The second kappa shape index (κ2) is 10.2. The molecule has 1 saturated heterocycles. The van der Waals surface area contributed by atoms with Gasteiger partial charge in [-0.15, -0.1) is 0 Å². The van der Waals surface area contributed by atoms with E-state index < -0.39 is 11.9 Å². The average molecular weight is 488 g/mol. The van der Waals surface area contributed by atoms with E-state index in [2.05, 4.69) is 25.5 Å². The Morgan fingerprint density at radius 1 is 1.03 bits per heavy atom. The number of halogens is 1. The minimum absolute atomic E-state index is 0.303. The first-order valence-electron chi connectivity index (χ1n) is 11.7. The van der Waals surface area contributed by atoms with Crippen LogP contribution in [0.4, 0.5) is 11.5 Å². The molecule has 7 nitrogen and oxygen atoms in total. The number of benzene rings is 2. The summed E-state index contributed by atoms with van der Waals surface area (Å²) in [6.07, 6.45) is 6.31. The third-order valence-electron chi connectivity index (χ3n) is 6.31. The summed E-state index contributed by atoms with van der Waals surface area (Å²) in [4.78, 5) is 36.3. The number of nitrogens with zero attached hydrogens (tertiary/aromatic N) is 2. The van der Waals surface area contributed by atoms with Crippen molar-refractivity contribution in [1.29, 1.82) is 0 Å². The predicted octanol–water partition coefficient (Wildman–Crippen LogP) is 4.80. The van der Waals surface area contributed by atoms with Crippen LogP contribution in [-0.4, -0.2) is 40.9 Å². The molecule has 1 atom stereocenters. The zero-order valence-corrected chi connectivity index (χ0v) is 19.9. The lowest BCUT2D eigenvalue weighted by molar-refractivity contribution is -0.118. The number of anilines is 2. The highest BCUT2D eigenvalue weighted by molar-refractivity contribution is 6.33. The van der Waals surface area contributed by atoms with Gasteiger partial charge in [0, 0.05) is 36.6 Å². The van der Waals surface area contributed by atoms with Gasteiger partial charge in [-0.2, -0.15) is 0 Å². The zero-order chi connectivity index (χ0) is 24.2. The molecule has 1 aliphatic rings. The van der Waals surface area contributed by atoms with Crippen molar-refractivity contribution < 1.29 is 9.59 Å². The van der Waals surface area contributed by atoms with Crippen molar-refractivity contribution in [2.45, 2.75) is 25.3 Å². The van der Waals surface area contributed by atoms with E-state index in [-0.39, 0.29) is 5.91 Å². The number of carbonyl (C=O) groups is 2. The number of carbonyl (C=O) groups excluding carboxylic acids is 2. The van der Waals surface area contributed by atoms with E-state index in [1.807, 2.05) is 36.5 Å². The van der Waals surface area contributed by atoms with E-state index in [0.29, 0.717) is 22.8 Å². The molecule has 1 unspecified atom stereocenters. The lowest BCUT2D eigenvalue weighted by Gasteiger charge is -2.20. The molecule has 35 heavy (non-hydrogen) atoms. The Balaban J connectivity index is 1.37. The van der Waals surface area contributed by atoms with Crippen LogP contribution < -0.4 is 15.5 Å². The van der Waals surface area contributed by atoms with Crippen LogP contribution >= 0.6 is 11.6 Å². The quantitative estimate of drug-likeness (QED) is 0.349. The molecule has 0 saturated carbocycles. The smallest absolute Gasteiger partial charge is 0.253 e. The zero-order valence-electron chi connectivity index (χ0n) is 19.1. The molecule has 4 aromatic rings. The fourth-order valence-electron chi connectivity index (χ4n) is 4.45. The lowest BCUT2D eigenvalue weighted by atomic mass is 10.0. The number of rotatable bonds is 7. The molecule has 5 rings (SSSR count). The predicted molar refractivity (Wildman–Crippen MR) is 139 cm³/mol. The Labute approximate surface area is 208 Å². The Morgan fingerprint density at radius 3 is 2.57 bits per heavy atom. The summed E-state index contributed by atoms with van der Waals surface area (Å²) in [7, 11) is 0. The Kier molecular flexibility index (Phi) is 6.68. The summed E-state index contributed by atoms with van der Waals surface area (Å²) in [5, 5.41) is 7.07. The molecule has 3 N–H and O–H groups in total. The summed E-state index contributed by atoms with van der Waals surface area (Å²) < 4.78 is 0. The van der Waals surface area contributed by atoms with Crippen molar-refractivity contribution >= 4 is 45.8 Å². The molecular formula is C27H26ClN5O2. The standard InChI is InChI=1S/C27H26ClN5O2/c28-22-9-3-1-8-21(22)26(34)31-24(15-18-16-29-23-10-4-2-7-20(18)23)27(35)32-25-12-11-19(17-30-25)33-13-5-6-14-33/h1-4,7-12,16-17,24,29H,5-6,13-15H2,(H,31,34)(H,30,32,35). The van der Waals surface area contributed by atoms with E-state index in [9.17, 15) is 9.59 Å². The highest BCUT2D eigenvalue weighted by Crippen LogP contribution is 2.22. The van der Waals surface area contributed by atoms with Gasteiger partial charge in [-0.1, -0.05) is 41.9 Å². The van der Waals surface area contributed by atoms with Crippen LogP contribution in [0.5, 0.6) is 0 Å². The fraction of sp³-hybridized carbons (Fsp3) is 0.222. The molecule has 0 radical (unpaired) electrons. The molecule has 0 spiro atoms. The van der Waals surface area contributed by atoms with Gasteiger partial charge in [-0.25, -0.2) is 4.98 Å². The van der Waals surface area contributed by atoms with Crippen LogP contribution in [0.1, 0.15) is 28.8 Å². The number of fused-ring (bicyclic) bond motifs is 1. The van der Waals surface area contributed by atoms with Gasteiger partial charge in [0.25, 0.3) is 5.91 Å². The first-order valence-corrected chi connectivity index (χ1v) is 12.1. The van der Waals surface area contributed by atoms with Crippen LogP contribution in [0.3, 0.4) is 0 Å². The topological polar surface area (TPSA) is 90.1 Å². The number of aromatic amines is 1. The van der Waals surface area contributed by atoms with Crippen LogP contribution in [-0.2, 0) is 11.2 Å². The monoisotopic (exact) mass is 487 g/mol. The van der Waals surface area contributed by atoms with Crippen molar-refractivity contribution in [3.63, 3.8) is 0 Å². The van der Waals surface area contributed by atoms with E-state index in [4.69, 9.17) is 11.6 Å². The minimum atomic E-state index is -0.835. The average Bonchev–Trinajstić information content (AvgIpc) is 3.55. The van der Waals surface area contributed by atoms with Crippen LogP contribution in [0.2, 0.25) is 5.02 Å². The lowest BCUT2D eigenvalue weighted by Crippen LogP contribution is -2.45. The van der Waals surface area contributed by atoms with Crippen molar-refractivity contribution in [1.82, 2.24) is 15.3 Å². The van der Waals surface area contributed by atoms with Crippen LogP contribution in [0.15, 0.2) is 73.1 Å². The molecule has 2 aromatic carbocycles. The van der Waals surface area contributed by atoms with Gasteiger partial charge in [0.1, 0.15) is 11.9 Å². The summed E-state index contributed by atoms with van der Waals surface area (Å²) >= 11 is 6.22. The van der Waals surface area contributed by atoms with Crippen LogP contribution in [0, 0.1) is 0 Å². The number of hydrogen-bond acceptors (Lipinski definition) is 4. The molecule has 8 heteroatoms. The van der Waals surface area contributed by atoms with Crippen molar-refractivity contribution in [2.24, 2.45) is 0 Å². The fourth-order valence-corrected chi connectivity index (χ4v) is 4.67. The van der Waals surface area contributed by atoms with Gasteiger partial charge in [-0.05, 0) is 48.7 Å². The maximum atomic E-state index is 13.3. The third-order valence-corrected chi connectivity index (χ3v) is 6.64. The molecule has 2 amide bonds. The van der Waals surface area contributed by atoms with Gasteiger partial charge < -0.3 is 20.5 Å². The Bertz CT molecular complexity index is 1350. The second-order valence-corrected chi connectivity index (χ2v) is 9.06. The first-order chi connectivity index (χ1) is 17.1. The molecular weight excluding hydrogens is 462 g/mol. The summed E-state index contributed by atoms with van der Waals surface area (Å²) in [5.41, 5.74) is 3.26. The number of pyridine rings is 1. The van der Waals surface area contributed by atoms with Crippen molar-refractivity contribution in [3.8, 4) is 0 Å². The maximum absolute atomic E-state index is 13.3. The molecule has 1 fully saturated rings.